The maximum absolute atomic E-state index is 14.2. The lowest BCUT2D eigenvalue weighted by Gasteiger charge is -2.40. The van der Waals surface area contributed by atoms with Crippen LogP contribution in [0, 0.1) is 11.6 Å². The quantitative estimate of drug-likeness (QED) is 0.677. The summed E-state index contributed by atoms with van der Waals surface area (Å²) in [6.07, 6.45) is 0.271. The minimum absolute atomic E-state index is 0.0956. The summed E-state index contributed by atoms with van der Waals surface area (Å²) in [5.41, 5.74) is -0.425. The first-order valence-electron chi connectivity index (χ1n) is 9.86. The van der Waals surface area contributed by atoms with Crippen LogP contribution in [-0.4, -0.2) is 34.4 Å². The Morgan fingerprint density at radius 2 is 2.00 bits per heavy atom. The number of aliphatic hydroxyl groups is 2. The summed E-state index contributed by atoms with van der Waals surface area (Å²) in [5.74, 6) is -1.12. The molecular formula is C22H22ClF2NO4. The van der Waals surface area contributed by atoms with Gasteiger partial charge in [0.25, 0.3) is 0 Å². The lowest BCUT2D eigenvalue weighted by atomic mass is 9.74. The largest absolute Gasteiger partial charge is 0.490 e. The fourth-order valence-corrected chi connectivity index (χ4v) is 4.40. The van der Waals surface area contributed by atoms with E-state index in [1.807, 2.05) is 0 Å². The standard InChI is InChI=1S/C22H22ClF2NO4/c23-13-1-2-14(17(25)10-13)12-7-8-22(29,19(27)9-12)11-30-18-5-4-16(24)21-15(18)3-6-20(28)26-21/h1-2,4-5,10,12,19,27,29H,3,6-9,11H2,(H,26,28). The van der Waals surface area contributed by atoms with E-state index < -0.39 is 23.3 Å². The number of halogens is 3. The predicted octanol–water partition coefficient (Wildman–Crippen LogP) is 3.94. The Hall–Kier alpha value is -2.22. The molecule has 3 atom stereocenters. The highest BCUT2D eigenvalue weighted by Crippen LogP contribution is 2.41. The van der Waals surface area contributed by atoms with Crippen LogP contribution in [0.5, 0.6) is 5.75 Å². The van der Waals surface area contributed by atoms with Gasteiger partial charge in [-0.15, -0.1) is 0 Å². The Morgan fingerprint density at radius 1 is 1.20 bits per heavy atom. The monoisotopic (exact) mass is 437 g/mol. The van der Waals surface area contributed by atoms with Gasteiger partial charge in [-0.05, 0) is 61.4 Å². The number of fused-ring (bicyclic) bond motifs is 1. The summed E-state index contributed by atoms with van der Waals surface area (Å²) in [4.78, 5) is 11.6. The molecule has 0 bridgehead atoms. The summed E-state index contributed by atoms with van der Waals surface area (Å²) >= 11 is 5.81. The van der Waals surface area contributed by atoms with Gasteiger partial charge in [0.2, 0.25) is 5.91 Å². The van der Waals surface area contributed by atoms with Crippen LogP contribution < -0.4 is 10.1 Å². The number of rotatable bonds is 4. The molecule has 160 valence electrons. The van der Waals surface area contributed by atoms with E-state index in [2.05, 4.69) is 5.32 Å². The Morgan fingerprint density at radius 3 is 2.73 bits per heavy atom. The van der Waals surface area contributed by atoms with E-state index in [4.69, 9.17) is 16.3 Å². The van der Waals surface area contributed by atoms with Gasteiger partial charge in [0.1, 0.15) is 29.6 Å². The first-order valence-corrected chi connectivity index (χ1v) is 10.2. The molecule has 1 aliphatic carbocycles. The first kappa shape index (κ1) is 21.0. The average Bonchev–Trinajstić information content (AvgIpc) is 2.70. The van der Waals surface area contributed by atoms with Crippen LogP contribution in [0.2, 0.25) is 5.02 Å². The van der Waals surface area contributed by atoms with Gasteiger partial charge in [-0.3, -0.25) is 4.79 Å². The lowest BCUT2D eigenvalue weighted by Crippen LogP contribution is -2.51. The maximum atomic E-state index is 14.2. The molecule has 1 amide bonds. The van der Waals surface area contributed by atoms with E-state index in [0.717, 1.165) is 0 Å². The lowest BCUT2D eigenvalue weighted by molar-refractivity contribution is -0.125. The second kappa shape index (κ2) is 8.13. The number of aliphatic hydroxyl groups excluding tert-OH is 1. The third-order valence-electron chi connectivity index (χ3n) is 6.02. The summed E-state index contributed by atoms with van der Waals surface area (Å²) in [6, 6.07) is 7.10. The smallest absolute Gasteiger partial charge is 0.224 e. The topological polar surface area (TPSA) is 78.8 Å². The molecule has 30 heavy (non-hydrogen) atoms. The van der Waals surface area contributed by atoms with E-state index in [0.29, 0.717) is 34.7 Å². The van der Waals surface area contributed by atoms with Crippen molar-refractivity contribution >= 4 is 23.2 Å². The Balaban J connectivity index is 1.46. The van der Waals surface area contributed by atoms with Crippen LogP contribution in [0.4, 0.5) is 14.5 Å². The third-order valence-corrected chi connectivity index (χ3v) is 6.25. The van der Waals surface area contributed by atoms with E-state index in [-0.39, 0.29) is 43.4 Å². The molecule has 1 aliphatic heterocycles. The first-order chi connectivity index (χ1) is 14.3. The molecule has 3 unspecified atom stereocenters. The number of benzene rings is 2. The summed E-state index contributed by atoms with van der Waals surface area (Å²) < 4.78 is 34.0. The number of hydrogen-bond acceptors (Lipinski definition) is 4. The molecule has 1 heterocycles. The highest BCUT2D eigenvalue weighted by atomic mass is 35.5. The normalized spacial score (nSPS) is 26.1. The van der Waals surface area contributed by atoms with Crippen molar-refractivity contribution in [2.24, 2.45) is 0 Å². The third kappa shape index (κ3) is 4.02. The molecule has 2 aromatic rings. The number of ether oxygens (including phenoxy) is 1. The van der Waals surface area contributed by atoms with Gasteiger partial charge in [-0.2, -0.15) is 0 Å². The molecule has 0 radical (unpaired) electrons. The molecule has 4 rings (SSSR count). The Kier molecular flexibility index (Phi) is 5.70. The van der Waals surface area contributed by atoms with Crippen molar-refractivity contribution in [3.63, 3.8) is 0 Å². The summed E-state index contributed by atoms with van der Waals surface area (Å²) in [7, 11) is 0. The van der Waals surface area contributed by atoms with Crippen molar-refractivity contribution in [2.45, 2.75) is 49.7 Å². The molecule has 0 aromatic heterocycles. The second-order valence-corrected chi connectivity index (χ2v) is 8.43. The highest BCUT2D eigenvalue weighted by Gasteiger charge is 2.43. The van der Waals surface area contributed by atoms with Gasteiger partial charge < -0.3 is 20.3 Å². The van der Waals surface area contributed by atoms with Crippen LogP contribution in [0.1, 0.15) is 42.7 Å². The SMILES string of the molecule is O=C1CCc2c(OCC3(O)CCC(c4ccc(Cl)cc4F)CC3O)ccc(F)c2N1. The maximum Gasteiger partial charge on any atom is 0.224 e. The van der Waals surface area contributed by atoms with Crippen molar-refractivity contribution in [3.8, 4) is 5.75 Å². The van der Waals surface area contributed by atoms with Crippen molar-refractivity contribution < 1.29 is 28.5 Å². The molecule has 8 heteroatoms. The number of hydrogen-bond donors (Lipinski definition) is 3. The minimum atomic E-state index is -1.52. The van der Waals surface area contributed by atoms with Crippen molar-refractivity contribution in [1.29, 1.82) is 0 Å². The number of amides is 1. The molecule has 3 N–H and O–H groups in total. The average molecular weight is 438 g/mol. The van der Waals surface area contributed by atoms with Gasteiger partial charge in [0.15, 0.2) is 0 Å². The molecule has 2 aromatic carbocycles. The van der Waals surface area contributed by atoms with Gasteiger partial charge in [0, 0.05) is 17.0 Å². The van der Waals surface area contributed by atoms with Crippen LogP contribution >= 0.6 is 11.6 Å². The molecule has 0 spiro atoms. The molecule has 0 saturated heterocycles. The zero-order chi connectivity index (χ0) is 21.5. The molecular weight excluding hydrogens is 416 g/mol. The number of carbonyl (C=O) groups excluding carboxylic acids is 1. The predicted molar refractivity (Wildman–Crippen MR) is 108 cm³/mol. The van der Waals surface area contributed by atoms with Crippen molar-refractivity contribution in [3.05, 3.63) is 58.1 Å². The Bertz CT molecular complexity index is 986. The fraction of sp³-hybridized carbons (Fsp3) is 0.409. The second-order valence-electron chi connectivity index (χ2n) is 7.99. The zero-order valence-electron chi connectivity index (χ0n) is 16.1. The van der Waals surface area contributed by atoms with Gasteiger partial charge in [-0.25, -0.2) is 8.78 Å². The zero-order valence-corrected chi connectivity index (χ0v) is 16.9. The van der Waals surface area contributed by atoms with Crippen LogP contribution in [0.3, 0.4) is 0 Å². The molecule has 5 nitrogen and oxygen atoms in total. The highest BCUT2D eigenvalue weighted by molar-refractivity contribution is 6.30. The minimum Gasteiger partial charge on any atom is -0.490 e. The van der Waals surface area contributed by atoms with E-state index >= 15 is 0 Å². The number of carbonyl (C=O) groups is 1. The molecule has 2 aliphatic rings. The summed E-state index contributed by atoms with van der Waals surface area (Å²) in [6.45, 7) is -0.198. The molecule has 1 saturated carbocycles. The number of nitrogens with one attached hydrogen (secondary N) is 1. The summed E-state index contributed by atoms with van der Waals surface area (Å²) in [5, 5.41) is 24.4. The van der Waals surface area contributed by atoms with Gasteiger partial charge in [0.05, 0.1) is 11.8 Å². The Labute approximate surface area is 177 Å². The molecule has 1 fully saturated rings. The fourth-order valence-electron chi connectivity index (χ4n) is 4.24. The van der Waals surface area contributed by atoms with Crippen LogP contribution in [0.15, 0.2) is 30.3 Å². The van der Waals surface area contributed by atoms with E-state index in [9.17, 15) is 23.8 Å². The number of anilines is 1. The van der Waals surface area contributed by atoms with Crippen LogP contribution in [0.25, 0.3) is 0 Å². The van der Waals surface area contributed by atoms with Crippen molar-refractivity contribution in [2.75, 3.05) is 11.9 Å². The van der Waals surface area contributed by atoms with Gasteiger partial charge in [-0.1, -0.05) is 17.7 Å². The van der Waals surface area contributed by atoms with Gasteiger partial charge >= 0.3 is 0 Å². The van der Waals surface area contributed by atoms with E-state index in [1.165, 1.54) is 18.2 Å². The van der Waals surface area contributed by atoms with Crippen LogP contribution in [-0.2, 0) is 11.2 Å². The van der Waals surface area contributed by atoms with E-state index in [1.54, 1.807) is 12.1 Å². The van der Waals surface area contributed by atoms with Crippen molar-refractivity contribution in [1.82, 2.24) is 0 Å².